The zero-order chi connectivity index (χ0) is 26.7. The smallest absolute Gasteiger partial charge is 0.369 e. The van der Waals surface area contributed by atoms with Crippen LogP contribution in [0.15, 0.2) is 41.8 Å². The molecule has 1 unspecified atom stereocenters. The summed E-state index contributed by atoms with van der Waals surface area (Å²) in [5.41, 5.74) is -6.85. The molecule has 0 radical (unpaired) electrons. The van der Waals surface area contributed by atoms with Crippen LogP contribution in [0, 0.1) is 12.3 Å². The van der Waals surface area contributed by atoms with Gasteiger partial charge < -0.3 is 10.4 Å². The summed E-state index contributed by atoms with van der Waals surface area (Å²) in [6, 6.07) is 4.08. The number of thiophene rings is 1. The minimum Gasteiger partial charge on any atom is -0.369 e. The second-order valence-electron chi connectivity index (χ2n) is 8.33. The standard InChI is InChI=1S/C24H22F6N2O3S/c1-2-19(33)32(17-12-10-15(11-13-17)22(35,23(25,26)27)24(28,29)30)20(18-9-6-14-36-18)21(34)31-16-7-4-3-5-8-16/h1,6,9-14,16,20,35H,3-5,7-8H2,(H,31,34). The number of terminal acetylenes is 1. The number of carbonyl (C=O) groups is 2. The number of anilines is 1. The molecule has 5 nitrogen and oxygen atoms in total. The lowest BCUT2D eigenvalue weighted by atomic mass is 9.92. The average Bonchev–Trinajstić information content (AvgIpc) is 3.35. The minimum atomic E-state index is -6.07. The summed E-state index contributed by atoms with van der Waals surface area (Å²) in [6.45, 7) is 0. The molecule has 1 fully saturated rings. The number of carbonyl (C=O) groups excluding carboxylic acids is 2. The lowest BCUT2D eigenvalue weighted by Gasteiger charge is -2.34. The molecule has 0 spiro atoms. The molecule has 0 bridgehead atoms. The van der Waals surface area contributed by atoms with Gasteiger partial charge in [-0.25, -0.2) is 0 Å². The molecule has 1 aromatic carbocycles. The monoisotopic (exact) mass is 532 g/mol. The van der Waals surface area contributed by atoms with Crippen LogP contribution in [0.25, 0.3) is 0 Å². The first-order chi connectivity index (χ1) is 16.8. The van der Waals surface area contributed by atoms with Gasteiger partial charge in [-0.1, -0.05) is 37.5 Å². The molecule has 12 heteroatoms. The van der Waals surface area contributed by atoms with Crippen LogP contribution in [-0.4, -0.2) is 35.3 Å². The van der Waals surface area contributed by atoms with Crippen molar-refractivity contribution in [3.05, 3.63) is 52.2 Å². The average molecular weight is 533 g/mol. The number of halogens is 6. The number of nitrogens with one attached hydrogen (secondary N) is 1. The van der Waals surface area contributed by atoms with Crippen molar-refractivity contribution in [2.24, 2.45) is 0 Å². The van der Waals surface area contributed by atoms with Gasteiger partial charge in [0.05, 0.1) is 0 Å². The third-order valence-corrected chi connectivity index (χ3v) is 6.92. The van der Waals surface area contributed by atoms with Crippen LogP contribution >= 0.6 is 11.3 Å². The molecule has 3 rings (SSSR count). The Morgan fingerprint density at radius 1 is 1.03 bits per heavy atom. The lowest BCUT2D eigenvalue weighted by Crippen LogP contribution is -2.53. The minimum absolute atomic E-state index is 0.146. The number of rotatable bonds is 6. The summed E-state index contributed by atoms with van der Waals surface area (Å²) in [4.78, 5) is 27.3. The van der Waals surface area contributed by atoms with Crippen molar-refractivity contribution in [2.45, 2.75) is 62.1 Å². The Labute approximate surface area is 207 Å². The summed E-state index contributed by atoms with van der Waals surface area (Å²) in [7, 11) is 0. The van der Waals surface area contributed by atoms with Gasteiger partial charge in [0.15, 0.2) is 6.04 Å². The molecule has 2 amide bonds. The number of hydrogen-bond acceptors (Lipinski definition) is 4. The molecule has 1 saturated carbocycles. The van der Waals surface area contributed by atoms with Gasteiger partial charge in [-0.05, 0) is 42.3 Å². The van der Waals surface area contributed by atoms with Gasteiger partial charge in [0.1, 0.15) is 0 Å². The van der Waals surface area contributed by atoms with Crippen molar-refractivity contribution in [3.8, 4) is 12.3 Å². The summed E-state index contributed by atoms with van der Waals surface area (Å²) >= 11 is 1.13. The highest BCUT2D eigenvalue weighted by Gasteiger charge is 2.71. The highest BCUT2D eigenvalue weighted by atomic mass is 32.1. The van der Waals surface area contributed by atoms with Crippen LogP contribution in [-0.2, 0) is 15.2 Å². The van der Waals surface area contributed by atoms with Gasteiger partial charge in [0.25, 0.3) is 5.60 Å². The van der Waals surface area contributed by atoms with Crippen molar-refractivity contribution in [1.29, 1.82) is 0 Å². The Morgan fingerprint density at radius 2 is 1.61 bits per heavy atom. The van der Waals surface area contributed by atoms with E-state index in [9.17, 15) is 41.0 Å². The van der Waals surface area contributed by atoms with Crippen LogP contribution < -0.4 is 10.2 Å². The van der Waals surface area contributed by atoms with Gasteiger partial charge in [0, 0.05) is 22.2 Å². The van der Waals surface area contributed by atoms with Crippen molar-refractivity contribution in [1.82, 2.24) is 5.32 Å². The quantitative estimate of drug-likeness (QED) is 0.396. The number of amides is 2. The summed E-state index contributed by atoms with van der Waals surface area (Å²) in [5, 5.41) is 14.2. The fraction of sp³-hybridized carbons (Fsp3) is 0.417. The molecule has 1 aromatic heterocycles. The Hall–Kier alpha value is -3.04. The fourth-order valence-corrected chi connectivity index (χ4v) is 4.96. The van der Waals surface area contributed by atoms with E-state index in [4.69, 9.17) is 6.42 Å². The van der Waals surface area contributed by atoms with E-state index in [1.54, 1.807) is 17.5 Å². The Morgan fingerprint density at radius 3 is 2.08 bits per heavy atom. The maximum absolute atomic E-state index is 13.3. The summed E-state index contributed by atoms with van der Waals surface area (Å²) < 4.78 is 79.5. The van der Waals surface area contributed by atoms with E-state index in [0.717, 1.165) is 60.5 Å². The van der Waals surface area contributed by atoms with Crippen molar-refractivity contribution in [2.75, 3.05) is 4.90 Å². The second-order valence-corrected chi connectivity index (χ2v) is 9.31. The van der Waals surface area contributed by atoms with Gasteiger partial charge in [-0.3, -0.25) is 14.5 Å². The lowest BCUT2D eigenvalue weighted by molar-refractivity contribution is -0.376. The number of alkyl halides is 6. The third kappa shape index (κ3) is 5.37. The second kappa shape index (κ2) is 10.5. The van der Waals surface area contributed by atoms with Crippen LogP contribution in [0.2, 0.25) is 0 Å². The first-order valence-electron chi connectivity index (χ1n) is 10.9. The number of benzene rings is 1. The maximum Gasteiger partial charge on any atom is 0.430 e. The highest BCUT2D eigenvalue weighted by molar-refractivity contribution is 7.10. The van der Waals surface area contributed by atoms with Crippen molar-refractivity contribution >= 4 is 28.8 Å². The van der Waals surface area contributed by atoms with Gasteiger partial charge in [0.2, 0.25) is 5.91 Å². The Balaban J connectivity index is 2.04. The number of aliphatic hydroxyl groups is 1. The van der Waals surface area contributed by atoms with E-state index in [1.807, 2.05) is 5.92 Å². The number of hydrogen-bond donors (Lipinski definition) is 2. The SMILES string of the molecule is C#CC(=O)N(c1ccc(C(O)(C(F)(F)F)C(F)(F)F)cc1)C(C(=O)NC1CCCCC1)c1cccs1. The van der Waals surface area contributed by atoms with Gasteiger partial charge in [-0.15, -0.1) is 17.8 Å². The van der Waals surface area contributed by atoms with E-state index >= 15 is 0 Å². The zero-order valence-electron chi connectivity index (χ0n) is 18.7. The van der Waals surface area contributed by atoms with Crippen LogP contribution in [0.3, 0.4) is 0 Å². The van der Waals surface area contributed by atoms with Crippen molar-refractivity contribution in [3.63, 3.8) is 0 Å². The van der Waals surface area contributed by atoms with E-state index in [1.165, 1.54) is 0 Å². The van der Waals surface area contributed by atoms with Crippen LogP contribution in [0.5, 0.6) is 0 Å². The van der Waals surface area contributed by atoms with E-state index in [0.29, 0.717) is 17.0 Å². The molecule has 0 saturated heterocycles. The summed E-state index contributed by atoms with van der Waals surface area (Å²) in [6.07, 6.45) is -2.55. The zero-order valence-corrected chi connectivity index (χ0v) is 19.5. The molecule has 2 N–H and O–H groups in total. The van der Waals surface area contributed by atoms with Crippen molar-refractivity contribution < 1.29 is 41.0 Å². The molecule has 2 aromatic rings. The largest absolute Gasteiger partial charge is 0.430 e. The fourth-order valence-electron chi connectivity index (χ4n) is 4.15. The molecule has 1 aliphatic carbocycles. The van der Waals surface area contributed by atoms with Gasteiger partial charge >= 0.3 is 18.3 Å². The van der Waals surface area contributed by atoms with Crippen LogP contribution in [0.4, 0.5) is 32.0 Å². The van der Waals surface area contributed by atoms with E-state index in [-0.39, 0.29) is 11.7 Å². The molecule has 36 heavy (non-hydrogen) atoms. The van der Waals surface area contributed by atoms with E-state index < -0.39 is 41.4 Å². The predicted molar refractivity (Wildman–Crippen MR) is 121 cm³/mol. The Bertz CT molecular complexity index is 1090. The third-order valence-electron chi connectivity index (χ3n) is 6.00. The van der Waals surface area contributed by atoms with Crippen LogP contribution in [0.1, 0.15) is 48.6 Å². The number of nitrogens with zero attached hydrogens (tertiary/aromatic N) is 1. The van der Waals surface area contributed by atoms with E-state index in [2.05, 4.69) is 5.32 Å². The predicted octanol–water partition coefficient (Wildman–Crippen LogP) is 5.22. The first kappa shape index (κ1) is 27.5. The van der Waals surface area contributed by atoms with Gasteiger partial charge in [-0.2, -0.15) is 26.3 Å². The molecule has 0 aliphatic heterocycles. The molecular formula is C24H22F6N2O3S. The molecular weight excluding hydrogens is 510 g/mol. The summed E-state index contributed by atoms with van der Waals surface area (Å²) in [5.74, 6) is 0.250. The molecule has 1 heterocycles. The molecule has 194 valence electrons. The topological polar surface area (TPSA) is 69.6 Å². The molecule has 1 aliphatic rings. The molecule has 1 atom stereocenters. The maximum atomic E-state index is 13.3. The Kier molecular flexibility index (Phi) is 8.05. The highest BCUT2D eigenvalue weighted by Crippen LogP contribution is 2.50. The first-order valence-corrected chi connectivity index (χ1v) is 11.8. The normalized spacial score (nSPS) is 16.2.